The van der Waals surface area contributed by atoms with Gasteiger partial charge in [0.05, 0.1) is 10.9 Å². The quantitative estimate of drug-likeness (QED) is 0.786. The third-order valence-corrected chi connectivity index (χ3v) is 5.25. The number of nitrogens with one attached hydrogen (secondary N) is 1. The summed E-state index contributed by atoms with van der Waals surface area (Å²) in [6.07, 6.45) is 0. The molecule has 0 aliphatic carbocycles. The fourth-order valence-corrected chi connectivity index (χ4v) is 3.87. The minimum absolute atomic E-state index is 0.333. The van der Waals surface area contributed by atoms with Crippen LogP contribution in [0.25, 0.3) is 0 Å². The molecule has 108 valence electrons. The van der Waals surface area contributed by atoms with E-state index in [9.17, 15) is 0 Å². The molecule has 2 nitrogen and oxygen atoms in total. The van der Waals surface area contributed by atoms with Gasteiger partial charge in [0, 0.05) is 28.1 Å². The van der Waals surface area contributed by atoms with Gasteiger partial charge in [-0.1, -0.05) is 33.6 Å². The van der Waals surface area contributed by atoms with Crippen LogP contribution in [0.2, 0.25) is 4.34 Å². The molecule has 2 rings (SSSR count). The number of hydrogen-bond acceptors (Lipinski definition) is 3. The smallest absolute Gasteiger partial charge is 0.0931 e. The van der Waals surface area contributed by atoms with E-state index in [1.165, 1.54) is 16.1 Å². The molecule has 5 heteroatoms. The largest absolute Gasteiger partial charge is 0.369 e. The molecule has 1 N–H and O–H groups in total. The number of nitrogens with zero attached hydrogens (tertiary/aromatic N) is 1. The van der Waals surface area contributed by atoms with Gasteiger partial charge in [-0.25, -0.2) is 0 Å². The lowest BCUT2D eigenvalue weighted by atomic mass is 10.1. The molecule has 1 aromatic heterocycles. The highest BCUT2D eigenvalue weighted by Crippen LogP contribution is 2.29. The van der Waals surface area contributed by atoms with Crippen molar-refractivity contribution < 1.29 is 0 Å². The second kappa shape index (κ2) is 6.94. The Kier molecular flexibility index (Phi) is 5.49. The van der Waals surface area contributed by atoms with Crippen molar-refractivity contribution in [3.05, 3.63) is 49.6 Å². The first kappa shape index (κ1) is 15.8. The van der Waals surface area contributed by atoms with E-state index in [1.54, 1.807) is 11.3 Å². The van der Waals surface area contributed by atoms with E-state index >= 15 is 0 Å². The van der Waals surface area contributed by atoms with Crippen molar-refractivity contribution >= 4 is 44.6 Å². The summed E-state index contributed by atoms with van der Waals surface area (Å²) in [6, 6.07) is 10.8. The van der Waals surface area contributed by atoms with Crippen molar-refractivity contribution in [2.75, 3.05) is 19.0 Å². The Balaban J connectivity index is 2.14. The van der Waals surface area contributed by atoms with Crippen LogP contribution in [-0.2, 0) is 6.54 Å². The summed E-state index contributed by atoms with van der Waals surface area (Å²) in [4.78, 5) is 3.49. The first-order valence-electron chi connectivity index (χ1n) is 6.43. The van der Waals surface area contributed by atoms with Crippen molar-refractivity contribution in [1.29, 1.82) is 0 Å². The normalized spacial score (nSPS) is 12.4. The van der Waals surface area contributed by atoms with Crippen LogP contribution >= 0.6 is 38.9 Å². The van der Waals surface area contributed by atoms with E-state index < -0.39 is 0 Å². The molecule has 0 aliphatic heterocycles. The Hall–Kier alpha value is -0.550. The number of thiophene rings is 1. The van der Waals surface area contributed by atoms with Gasteiger partial charge >= 0.3 is 0 Å². The zero-order valence-corrected chi connectivity index (χ0v) is 14.9. The highest BCUT2D eigenvalue weighted by atomic mass is 79.9. The van der Waals surface area contributed by atoms with Crippen LogP contribution in [0.1, 0.15) is 23.4 Å². The lowest BCUT2D eigenvalue weighted by Gasteiger charge is -2.21. The number of benzene rings is 1. The Morgan fingerprint density at radius 1 is 1.35 bits per heavy atom. The molecule has 2 aromatic rings. The standard InChI is InChI=1S/C15H18BrClN2S/c1-10(18-2)13-6-4-11(8-14(13)16)19(3)9-12-5-7-15(17)20-12/h4-8,10,18H,9H2,1-3H3. The molecule has 1 aromatic carbocycles. The average Bonchev–Trinajstić information content (AvgIpc) is 2.83. The summed E-state index contributed by atoms with van der Waals surface area (Å²) in [6.45, 7) is 3.02. The van der Waals surface area contributed by atoms with Gasteiger partial charge in [0.1, 0.15) is 0 Å². The second-order valence-corrected chi connectivity index (χ2v) is 7.43. The molecule has 20 heavy (non-hydrogen) atoms. The molecular weight excluding hydrogens is 356 g/mol. The molecule has 1 heterocycles. The lowest BCUT2D eigenvalue weighted by molar-refractivity contribution is 0.649. The zero-order chi connectivity index (χ0) is 14.7. The summed E-state index contributed by atoms with van der Waals surface area (Å²) in [5.74, 6) is 0. The van der Waals surface area contributed by atoms with E-state index in [2.05, 4.69) is 64.4 Å². The Morgan fingerprint density at radius 2 is 2.10 bits per heavy atom. The number of hydrogen-bond donors (Lipinski definition) is 1. The summed E-state index contributed by atoms with van der Waals surface area (Å²) >= 11 is 11.3. The fraction of sp³-hybridized carbons (Fsp3) is 0.333. The molecule has 0 fully saturated rings. The minimum Gasteiger partial charge on any atom is -0.369 e. The Labute approximate surface area is 137 Å². The molecule has 1 atom stereocenters. The maximum absolute atomic E-state index is 5.97. The topological polar surface area (TPSA) is 15.3 Å². The van der Waals surface area contributed by atoms with Crippen LogP contribution in [0, 0.1) is 0 Å². The van der Waals surface area contributed by atoms with E-state index in [0.29, 0.717) is 6.04 Å². The summed E-state index contributed by atoms with van der Waals surface area (Å²) in [7, 11) is 4.06. The molecule has 1 unspecified atom stereocenters. The molecule has 0 saturated carbocycles. The predicted octanol–water partition coefficient (Wildman–Crippen LogP) is 5.08. The molecular formula is C15H18BrClN2S. The van der Waals surface area contributed by atoms with Gasteiger partial charge in [0.15, 0.2) is 0 Å². The number of anilines is 1. The predicted molar refractivity (Wildman–Crippen MR) is 93.1 cm³/mol. The van der Waals surface area contributed by atoms with E-state index in [-0.39, 0.29) is 0 Å². The average molecular weight is 374 g/mol. The van der Waals surface area contributed by atoms with E-state index in [1.807, 2.05) is 13.1 Å². The van der Waals surface area contributed by atoms with Crippen molar-refractivity contribution in [3.8, 4) is 0 Å². The van der Waals surface area contributed by atoms with Gasteiger partial charge < -0.3 is 10.2 Å². The van der Waals surface area contributed by atoms with Gasteiger partial charge in [-0.3, -0.25) is 0 Å². The molecule has 0 amide bonds. The second-order valence-electron chi connectivity index (χ2n) is 4.78. The highest BCUT2D eigenvalue weighted by molar-refractivity contribution is 9.10. The summed E-state index contributed by atoms with van der Waals surface area (Å²) < 4.78 is 1.97. The third-order valence-electron chi connectivity index (χ3n) is 3.35. The summed E-state index contributed by atoms with van der Waals surface area (Å²) in [5.41, 5.74) is 2.46. The summed E-state index contributed by atoms with van der Waals surface area (Å²) in [5, 5.41) is 3.26. The molecule has 0 bridgehead atoms. The Morgan fingerprint density at radius 3 is 2.65 bits per heavy atom. The van der Waals surface area contributed by atoms with Crippen molar-refractivity contribution in [2.24, 2.45) is 0 Å². The van der Waals surface area contributed by atoms with Crippen LogP contribution < -0.4 is 10.2 Å². The van der Waals surface area contributed by atoms with Crippen LogP contribution in [0.15, 0.2) is 34.8 Å². The fourth-order valence-electron chi connectivity index (χ4n) is 2.02. The van der Waals surface area contributed by atoms with Crippen molar-refractivity contribution in [3.63, 3.8) is 0 Å². The van der Waals surface area contributed by atoms with E-state index in [4.69, 9.17) is 11.6 Å². The van der Waals surface area contributed by atoms with Crippen LogP contribution in [-0.4, -0.2) is 14.1 Å². The van der Waals surface area contributed by atoms with Gasteiger partial charge in [-0.2, -0.15) is 0 Å². The molecule has 0 saturated heterocycles. The van der Waals surface area contributed by atoms with E-state index in [0.717, 1.165) is 15.4 Å². The molecule has 0 spiro atoms. The number of rotatable bonds is 5. The number of halogens is 2. The third kappa shape index (κ3) is 3.76. The first-order valence-corrected chi connectivity index (χ1v) is 8.42. The van der Waals surface area contributed by atoms with Gasteiger partial charge in [-0.05, 0) is 43.8 Å². The lowest BCUT2D eigenvalue weighted by Crippen LogP contribution is -2.17. The van der Waals surface area contributed by atoms with Gasteiger partial charge in [0.2, 0.25) is 0 Å². The Bertz CT molecular complexity index is 585. The first-order chi connectivity index (χ1) is 9.51. The van der Waals surface area contributed by atoms with Crippen LogP contribution in [0.5, 0.6) is 0 Å². The minimum atomic E-state index is 0.333. The molecule has 0 aliphatic rings. The zero-order valence-electron chi connectivity index (χ0n) is 11.8. The van der Waals surface area contributed by atoms with Gasteiger partial charge in [0.25, 0.3) is 0 Å². The maximum Gasteiger partial charge on any atom is 0.0931 e. The molecule has 0 radical (unpaired) electrons. The van der Waals surface area contributed by atoms with Crippen LogP contribution in [0.3, 0.4) is 0 Å². The van der Waals surface area contributed by atoms with Crippen LogP contribution in [0.4, 0.5) is 5.69 Å². The highest BCUT2D eigenvalue weighted by Gasteiger charge is 2.10. The monoisotopic (exact) mass is 372 g/mol. The van der Waals surface area contributed by atoms with Crippen molar-refractivity contribution in [2.45, 2.75) is 19.5 Å². The van der Waals surface area contributed by atoms with Gasteiger partial charge in [-0.15, -0.1) is 11.3 Å². The van der Waals surface area contributed by atoms with Crippen molar-refractivity contribution in [1.82, 2.24) is 5.32 Å². The SMILES string of the molecule is CNC(C)c1ccc(N(C)Cc2ccc(Cl)s2)cc1Br. The maximum atomic E-state index is 5.97.